The number of hydrogen-bond acceptors (Lipinski definition) is 7. The second-order valence-corrected chi connectivity index (χ2v) is 10.3. The summed E-state index contributed by atoms with van der Waals surface area (Å²) >= 11 is 0. The molecule has 2 aliphatic heterocycles. The molecule has 3 aromatic rings. The van der Waals surface area contributed by atoms with Crippen LogP contribution < -0.4 is 5.56 Å². The molecule has 4 heterocycles. The SMILES string of the molecule is O=C(c1cccc(-n2ncc3c(=O)n(CC4(O)CCN(C(=O)C5CC5)CC4)cnc32)c1)N1CCOCC1. The summed E-state index contributed by atoms with van der Waals surface area (Å²) in [6.07, 6.45) is 5.66. The summed E-state index contributed by atoms with van der Waals surface area (Å²) in [5, 5.41) is 15.9. The maximum absolute atomic E-state index is 13.3. The second-order valence-electron chi connectivity index (χ2n) is 10.3. The van der Waals surface area contributed by atoms with Gasteiger partial charge in [-0.3, -0.25) is 19.0 Å². The maximum Gasteiger partial charge on any atom is 0.264 e. The number of likely N-dealkylation sites (tertiary alicyclic amines) is 1. The van der Waals surface area contributed by atoms with E-state index in [4.69, 9.17) is 4.74 Å². The molecule has 0 atom stereocenters. The van der Waals surface area contributed by atoms with Crippen LogP contribution in [0.5, 0.6) is 0 Å². The normalized spacial score (nSPS) is 19.8. The number of piperidine rings is 1. The number of rotatable bonds is 5. The molecule has 11 nitrogen and oxygen atoms in total. The minimum absolute atomic E-state index is 0.0740. The van der Waals surface area contributed by atoms with E-state index in [9.17, 15) is 19.5 Å². The van der Waals surface area contributed by atoms with E-state index in [0.29, 0.717) is 74.5 Å². The Morgan fingerprint density at radius 2 is 1.84 bits per heavy atom. The van der Waals surface area contributed by atoms with Crippen molar-refractivity contribution in [3.63, 3.8) is 0 Å². The molecule has 0 bridgehead atoms. The summed E-state index contributed by atoms with van der Waals surface area (Å²) in [4.78, 5) is 46.6. The Hall–Kier alpha value is -3.57. The fraction of sp³-hybridized carbons (Fsp3) is 0.500. The molecule has 2 amide bonds. The number of hydrogen-bond donors (Lipinski definition) is 1. The Labute approximate surface area is 213 Å². The second kappa shape index (κ2) is 9.38. The first-order valence-corrected chi connectivity index (χ1v) is 12.8. The summed E-state index contributed by atoms with van der Waals surface area (Å²) in [6, 6.07) is 7.11. The first-order chi connectivity index (χ1) is 17.9. The zero-order chi connectivity index (χ0) is 25.6. The van der Waals surface area contributed by atoms with Gasteiger partial charge in [-0.25, -0.2) is 9.67 Å². The van der Waals surface area contributed by atoms with Crippen molar-refractivity contribution in [2.24, 2.45) is 5.92 Å². The summed E-state index contributed by atoms with van der Waals surface area (Å²) in [6.45, 7) is 3.25. The van der Waals surface area contributed by atoms with Crippen LogP contribution in [0, 0.1) is 5.92 Å². The Bertz CT molecular complexity index is 1400. The summed E-state index contributed by atoms with van der Waals surface area (Å²) in [7, 11) is 0. The highest BCUT2D eigenvalue weighted by molar-refractivity contribution is 5.95. The van der Waals surface area contributed by atoms with Crippen molar-refractivity contribution in [2.45, 2.75) is 37.8 Å². The number of carbonyl (C=O) groups excluding carboxylic acids is 2. The lowest BCUT2D eigenvalue weighted by Crippen LogP contribution is -2.50. The Balaban J connectivity index is 1.21. The highest BCUT2D eigenvalue weighted by atomic mass is 16.5. The van der Waals surface area contributed by atoms with Crippen LogP contribution in [-0.4, -0.2) is 91.0 Å². The summed E-state index contributed by atoms with van der Waals surface area (Å²) < 4.78 is 8.31. The smallest absolute Gasteiger partial charge is 0.264 e. The van der Waals surface area contributed by atoms with Crippen molar-refractivity contribution >= 4 is 22.8 Å². The average molecular weight is 507 g/mol. The lowest BCUT2D eigenvalue weighted by atomic mass is 9.91. The molecule has 1 aliphatic carbocycles. The van der Waals surface area contributed by atoms with E-state index in [-0.39, 0.29) is 29.8 Å². The highest BCUT2D eigenvalue weighted by Gasteiger charge is 2.39. The van der Waals surface area contributed by atoms with E-state index in [2.05, 4.69) is 10.1 Å². The Morgan fingerprint density at radius 1 is 1.08 bits per heavy atom. The first kappa shape index (κ1) is 23.8. The van der Waals surface area contributed by atoms with E-state index in [1.165, 1.54) is 17.1 Å². The number of ether oxygens (including phenoxy) is 1. The van der Waals surface area contributed by atoms with Crippen LogP contribution >= 0.6 is 0 Å². The molecule has 194 valence electrons. The molecule has 0 radical (unpaired) electrons. The topological polar surface area (TPSA) is 123 Å². The van der Waals surface area contributed by atoms with Gasteiger partial charge in [-0.05, 0) is 43.9 Å². The zero-order valence-electron chi connectivity index (χ0n) is 20.6. The van der Waals surface area contributed by atoms with Crippen molar-refractivity contribution in [1.29, 1.82) is 0 Å². The van der Waals surface area contributed by atoms with E-state index in [1.54, 1.807) is 27.8 Å². The van der Waals surface area contributed by atoms with Crippen LogP contribution in [0.1, 0.15) is 36.0 Å². The van der Waals surface area contributed by atoms with Crippen LogP contribution in [0.25, 0.3) is 16.7 Å². The average Bonchev–Trinajstić information content (AvgIpc) is 3.69. The third-order valence-electron chi connectivity index (χ3n) is 7.59. The van der Waals surface area contributed by atoms with Crippen molar-refractivity contribution < 1.29 is 19.4 Å². The lowest BCUT2D eigenvalue weighted by molar-refractivity contribution is -0.137. The highest BCUT2D eigenvalue weighted by Crippen LogP contribution is 2.33. The summed E-state index contributed by atoms with van der Waals surface area (Å²) in [5.74, 6) is 0.274. The molecule has 6 rings (SSSR count). The predicted octanol–water partition coefficient (Wildman–Crippen LogP) is 0.818. The fourth-order valence-corrected chi connectivity index (χ4v) is 5.18. The van der Waals surface area contributed by atoms with Crippen LogP contribution in [0.3, 0.4) is 0 Å². The molecule has 3 fully saturated rings. The van der Waals surface area contributed by atoms with E-state index in [1.807, 2.05) is 11.0 Å². The molecular formula is C26H30N6O5. The zero-order valence-corrected chi connectivity index (χ0v) is 20.6. The van der Waals surface area contributed by atoms with E-state index < -0.39 is 5.60 Å². The molecular weight excluding hydrogens is 476 g/mol. The molecule has 11 heteroatoms. The number of nitrogens with zero attached hydrogens (tertiary/aromatic N) is 6. The third-order valence-corrected chi connectivity index (χ3v) is 7.59. The van der Waals surface area contributed by atoms with Crippen LogP contribution in [0.4, 0.5) is 0 Å². The minimum atomic E-state index is -1.08. The number of amides is 2. The number of aliphatic hydroxyl groups is 1. The van der Waals surface area contributed by atoms with Gasteiger partial charge < -0.3 is 19.6 Å². The summed E-state index contributed by atoms with van der Waals surface area (Å²) in [5.41, 5.74) is 0.176. The number of carbonyl (C=O) groups is 2. The number of benzene rings is 1. The first-order valence-electron chi connectivity index (χ1n) is 12.8. The van der Waals surface area contributed by atoms with Gasteiger partial charge in [0.15, 0.2) is 5.65 Å². The molecule has 37 heavy (non-hydrogen) atoms. The number of morpholine rings is 1. The van der Waals surface area contributed by atoms with Crippen LogP contribution in [0.2, 0.25) is 0 Å². The molecule has 0 unspecified atom stereocenters. The monoisotopic (exact) mass is 506 g/mol. The molecule has 3 aliphatic rings. The molecule has 1 aromatic carbocycles. The Kier molecular flexibility index (Phi) is 6.04. The van der Waals surface area contributed by atoms with Crippen molar-refractivity contribution in [3.8, 4) is 5.69 Å². The third kappa shape index (κ3) is 4.64. The maximum atomic E-state index is 13.3. The van der Waals surface area contributed by atoms with E-state index in [0.717, 1.165) is 12.8 Å². The van der Waals surface area contributed by atoms with Gasteiger partial charge >= 0.3 is 0 Å². The van der Waals surface area contributed by atoms with Crippen LogP contribution in [0.15, 0.2) is 41.6 Å². The van der Waals surface area contributed by atoms with Gasteiger partial charge in [0.2, 0.25) is 5.91 Å². The standard InChI is InChI=1S/C26H30N6O5/c33-23(18-4-5-18)29-8-6-26(36,7-9-29)16-31-17-27-22-21(25(31)35)15-28-32(22)20-3-1-2-19(14-20)24(34)30-10-12-37-13-11-30/h1-3,14-15,17-18,36H,4-13,16H2. The van der Waals surface area contributed by atoms with Crippen LogP contribution in [-0.2, 0) is 16.1 Å². The predicted molar refractivity (Wildman–Crippen MR) is 133 cm³/mol. The van der Waals surface area contributed by atoms with Gasteiger partial charge in [-0.1, -0.05) is 6.07 Å². The fourth-order valence-electron chi connectivity index (χ4n) is 5.18. The molecule has 1 saturated carbocycles. The van der Waals surface area contributed by atoms with Gasteiger partial charge in [-0.2, -0.15) is 5.10 Å². The number of fused-ring (bicyclic) bond motifs is 1. The van der Waals surface area contributed by atoms with Gasteiger partial charge in [0, 0.05) is 37.7 Å². The van der Waals surface area contributed by atoms with Crippen molar-refractivity contribution in [2.75, 3.05) is 39.4 Å². The molecule has 2 saturated heterocycles. The van der Waals surface area contributed by atoms with Crippen molar-refractivity contribution in [1.82, 2.24) is 29.1 Å². The van der Waals surface area contributed by atoms with Gasteiger partial charge in [0.05, 0.1) is 37.2 Å². The van der Waals surface area contributed by atoms with Gasteiger partial charge in [-0.15, -0.1) is 0 Å². The van der Waals surface area contributed by atoms with Gasteiger partial charge in [0.25, 0.3) is 11.5 Å². The largest absolute Gasteiger partial charge is 0.388 e. The number of aromatic nitrogens is 4. The van der Waals surface area contributed by atoms with Crippen molar-refractivity contribution in [3.05, 3.63) is 52.7 Å². The quantitative estimate of drug-likeness (QED) is 0.544. The molecule has 0 spiro atoms. The molecule has 1 N–H and O–H groups in total. The lowest BCUT2D eigenvalue weighted by Gasteiger charge is -2.38. The van der Waals surface area contributed by atoms with E-state index >= 15 is 0 Å². The Morgan fingerprint density at radius 3 is 2.57 bits per heavy atom. The van der Waals surface area contributed by atoms with Gasteiger partial charge in [0.1, 0.15) is 11.7 Å². The molecule has 2 aromatic heterocycles. The minimum Gasteiger partial charge on any atom is -0.388 e.